The Bertz CT molecular complexity index is 2300. The number of benzene rings is 3. The summed E-state index contributed by atoms with van der Waals surface area (Å²) in [6.07, 6.45) is 18.3. The molecule has 318 valence electrons. The number of aryl methyl sites for hydroxylation is 2. The second-order valence-corrected chi connectivity index (χ2v) is 21.7. The summed E-state index contributed by atoms with van der Waals surface area (Å²) < 4.78 is 0. The molecule has 0 unspecified atom stereocenters. The van der Waals surface area contributed by atoms with Crippen LogP contribution in [0.25, 0.3) is 11.0 Å². The van der Waals surface area contributed by atoms with E-state index in [1.807, 2.05) is 55.5 Å². The summed E-state index contributed by atoms with van der Waals surface area (Å²) in [5, 5.41) is 31.9. The molecule has 6 fully saturated rings. The number of nitrogens with zero attached hydrogens (tertiary/aromatic N) is 3. The van der Waals surface area contributed by atoms with Gasteiger partial charge in [0.25, 0.3) is 0 Å². The third kappa shape index (κ3) is 6.37. The molecule has 9 heteroatoms. The first kappa shape index (κ1) is 39.7. The number of nitrogens with one attached hydrogen (secondary N) is 1. The lowest BCUT2D eigenvalue weighted by Gasteiger charge is -2.57. The Kier molecular flexibility index (Phi) is 9.49. The van der Waals surface area contributed by atoms with Crippen molar-refractivity contribution < 1.29 is 24.6 Å². The maximum atomic E-state index is 13.8. The Morgan fingerprint density at radius 1 is 0.733 bits per heavy atom. The van der Waals surface area contributed by atoms with Gasteiger partial charge in [-0.05, 0) is 207 Å². The van der Waals surface area contributed by atoms with E-state index in [0.29, 0.717) is 34.0 Å². The van der Waals surface area contributed by atoms with Crippen LogP contribution in [-0.4, -0.2) is 43.8 Å². The third-order valence-corrected chi connectivity index (χ3v) is 17.9. The number of aromatic hydroxyl groups is 2. The highest BCUT2D eigenvalue weighted by atomic mass is 16.7. The van der Waals surface area contributed by atoms with Gasteiger partial charge >= 0.3 is 5.97 Å². The van der Waals surface area contributed by atoms with E-state index in [4.69, 9.17) is 4.84 Å². The zero-order chi connectivity index (χ0) is 41.7. The van der Waals surface area contributed by atoms with Gasteiger partial charge in [-0.15, -0.1) is 5.10 Å². The van der Waals surface area contributed by atoms with Gasteiger partial charge in [-0.25, -0.2) is 4.79 Å². The smallest absolute Gasteiger partial charge is 0.341 e. The van der Waals surface area contributed by atoms with E-state index in [1.165, 1.54) is 65.6 Å². The van der Waals surface area contributed by atoms with Crippen molar-refractivity contribution in [2.24, 2.45) is 45.8 Å². The van der Waals surface area contributed by atoms with Crippen LogP contribution < -0.4 is 10.2 Å². The van der Waals surface area contributed by atoms with Crippen molar-refractivity contribution >= 4 is 22.9 Å². The Labute approximate surface area is 355 Å². The number of hydrogen-bond donors (Lipinski definition) is 3. The van der Waals surface area contributed by atoms with Crippen LogP contribution in [0.15, 0.2) is 60.7 Å². The first-order valence-electron chi connectivity index (χ1n) is 23.2. The van der Waals surface area contributed by atoms with Crippen molar-refractivity contribution in [2.75, 3.05) is 6.54 Å². The fraction of sp³-hybridized carbons (Fsp3) is 0.608. The number of carbonyl (C=O) groups excluding carboxylic acids is 2. The van der Waals surface area contributed by atoms with Crippen molar-refractivity contribution in [2.45, 2.75) is 141 Å². The molecule has 6 saturated carbocycles. The first-order chi connectivity index (χ1) is 28.7. The average molecular weight is 813 g/mol. The van der Waals surface area contributed by atoms with E-state index in [-0.39, 0.29) is 33.9 Å². The van der Waals surface area contributed by atoms with Gasteiger partial charge in [0, 0.05) is 6.54 Å². The zero-order valence-corrected chi connectivity index (χ0v) is 36.1. The highest BCUT2D eigenvalue weighted by Crippen LogP contribution is 2.61. The van der Waals surface area contributed by atoms with E-state index in [0.717, 1.165) is 88.5 Å². The predicted octanol–water partition coefficient (Wildman–Crippen LogP) is 9.54. The van der Waals surface area contributed by atoms with Crippen molar-refractivity contribution in [1.82, 2.24) is 20.5 Å². The number of carbonyl (C=O) groups is 2. The van der Waals surface area contributed by atoms with E-state index < -0.39 is 5.41 Å². The van der Waals surface area contributed by atoms with Gasteiger partial charge in [-0.3, -0.25) is 4.79 Å². The normalized spacial score (nSPS) is 37.1. The van der Waals surface area contributed by atoms with Gasteiger partial charge in [0.15, 0.2) is 0 Å². The molecule has 4 bridgehead atoms. The molecule has 8 aliphatic rings. The topological polar surface area (TPSA) is 127 Å². The molecule has 4 aromatic rings. The number of aromatic nitrogens is 3. The largest absolute Gasteiger partial charge is 0.508 e. The minimum absolute atomic E-state index is 0.0165. The number of amides is 1. The summed E-state index contributed by atoms with van der Waals surface area (Å²) in [4.78, 5) is 34.3. The summed E-state index contributed by atoms with van der Waals surface area (Å²) >= 11 is 0. The standard InChI is InChI=1S/C28H39NO2.C23H25N3O3/c1-26-8-3-9-27(2,24(26)7-5-21-4-6-22(30)13-23(21)26)25(31)29-17-28-14-18-10-19(15-28)12-20(11-18)16-28;1-22-12-5-13-23(2,20(22)11-9-15-8-10-16(27)14-17(15)22)21(28)29-26-19-7-4-3-6-18(19)24-25-26/h4,6,13,18-20,24,30H,3,5,7-12,14-17H2,1-2H3,(H,29,31);3-4,6-8,10,14,20,27H,5,9,11-13H2,1-2H3/t18?,19?,20?,24-,26-,27+,28?;20-,22-,23+/m11/s1. The van der Waals surface area contributed by atoms with Gasteiger partial charge < -0.3 is 20.4 Å². The van der Waals surface area contributed by atoms with Gasteiger partial charge in [0.05, 0.1) is 10.8 Å². The van der Waals surface area contributed by atoms with Crippen molar-refractivity contribution in [3.8, 4) is 11.5 Å². The number of fused-ring (bicyclic) bond motifs is 7. The molecule has 6 atom stereocenters. The number of hydrogen-bond acceptors (Lipinski definition) is 7. The van der Waals surface area contributed by atoms with Crippen LogP contribution in [0.2, 0.25) is 0 Å². The summed E-state index contributed by atoms with van der Waals surface area (Å²) in [5.74, 6) is 3.97. The molecule has 12 rings (SSSR count). The lowest BCUT2D eigenvalue weighted by Crippen LogP contribution is -2.57. The maximum absolute atomic E-state index is 13.8. The minimum Gasteiger partial charge on any atom is -0.508 e. The van der Waals surface area contributed by atoms with Gasteiger partial charge in [-0.1, -0.05) is 62.7 Å². The van der Waals surface area contributed by atoms with Crippen molar-refractivity contribution in [3.63, 3.8) is 0 Å². The molecule has 1 amide bonds. The highest BCUT2D eigenvalue weighted by Gasteiger charge is 2.58. The molecular formula is C51H64N4O5. The van der Waals surface area contributed by atoms with Gasteiger partial charge in [-0.2, -0.15) is 0 Å². The molecule has 8 aliphatic carbocycles. The average Bonchev–Trinajstić information content (AvgIpc) is 3.62. The van der Waals surface area contributed by atoms with Crippen LogP contribution in [-0.2, 0) is 33.3 Å². The monoisotopic (exact) mass is 812 g/mol. The summed E-state index contributed by atoms with van der Waals surface area (Å²) in [6.45, 7) is 9.79. The molecule has 9 nitrogen and oxygen atoms in total. The van der Waals surface area contributed by atoms with Crippen molar-refractivity contribution in [3.05, 3.63) is 82.9 Å². The number of rotatable bonds is 5. The fourth-order valence-corrected chi connectivity index (χ4v) is 15.5. The molecule has 1 aromatic heterocycles. The summed E-state index contributed by atoms with van der Waals surface area (Å²) in [7, 11) is 0. The van der Waals surface area contributed by atoms with Crippen LogP contribution >= 0.6 is 0 Å². The molecular weight excluding hydrogens is 749 g/mol. The van der Waals surface area contributed by atoms with Crippen LogP contribution in [0.1, 0.15) is 140 Å². The molecule has 60 heavy (non-hydrogen) atoms. The minimum atomic E-state index is -0.622. The van der Waals surface area contributed by atoms with E-state index >= 15 is 0 Å². The molecule has 0 radical (unpaired) electrons. The third-order valence-electron chi connectivity index (χ3n) is 17.9. The van der Waals surface area contributed by atoms with E-state index in [9.17, 15) is 19.8 Å². The predicted molar refractivity (Wildman–Crippen MR) is 231 cm³/mol. The Morgan fingerprint density at radius 2 is 1.27 bits per heavy atom. The maximum Gasteiger partial charge on any atom is 0.341 e. The quantitative estimate of drug-likeness (QED) is 0.172. The summed E-state index contributed by atoms with van der Waals surface area (Å²) in [6, 6.07) is 19.0. The number of phenols is 2. The van der Waals surface area contributed by atoms with Gasteiger partial charge in [0.1, 0.15) is 22.5 Å². The second-order valence-electron chi connectivity index (χ2n) is 21.7. The molecule has 0 spiro atoms. The molecule has 1 heterocycles. The Balaban J connectivity index is 0.000000145. The molecule has 3 N–H and O–H groups in total. The molecule has 0 aliphatic heterocycles. The second kappa shape index (κ2) is 14.3. The highest BCUT2D eigenvalue weighted by molar-refractivity contribution is 5.83. The lowest BCUT2D eigenvalue weighted by molar-refractivity contribution is -0.166. The Hall–Kier alpha value is -4.40. The summed E-state index contributed by atoms with van der Waals surface area (Å²) in [5.41, 5.74) is 5.78. The molecule has 3 aromatic carbocycles. The number of para-hydroxylation sites is 1. The van der Waals surface area contributed by atoms with Crippen LogP contribution in [0, 0.1) is 45.8 Å². The Morgan fingerprint density at radius 3 is 1.85 bits per heavy atom. The van der Waals surface area contributed by atoms with Crippen molar-refractivity contribution in [1.29, 1.82) is 0 Å². The molecule has 0 saturated heterocycles. The van der Waals surface area contributed by atoms with Gasteiger partial charge in [0.2, 0.25) is 5.91 Å². The fourth-order valence-electron chi connectivity index (χ4n) is 15.5. The number of phenolic OH excluding ortho intramolecular Hbond substituents is 2. The van der Waals surface area contributed by atoms with Crippen LogP contribution in [0.3, 0.4) is 0 Å². The first-order valence-corrected chi connectivity index (χ1v) is 23.2. The van der Waals surface area contributed by atoms with Crippen LogP contribution in [0.5, 0.6) is 11.5 Å². The zero-order valence-electron chi connectivity index (χ0n) is 36.1. The van der Waals surface area contributed by atoms with Crippen LogP contribution in [0.4, 0.5) is 0 Å². The van der Waals surface area contributed by atoms with E-state index in [1.54, 1.807) is 6.07 Å². The SMILES string of the molecule is C[C@]1(C(=O)NCC23CC4CC(CC(C4)C2)C3)CCC[C@]2(C)c3cc(O)ccc3CC[C@@H]12.C[C@]1(C(=O)On2nnc3ccccc32)CCC[C@]2(C)c3cc(O)ccc3CC[C@@H]12. The lowest BCUT2D eigenvalue weighted by atomic mass is 9.49. The van der Waals surface area contributed by atoms with E-state index in [2.05, 4.69) is 42.5 Å².